The van der Waals surface area contributed by atoms with Gasteiger partial charge in [-0.2, -0.15) is 0 Å². The van der Waals surface area contributed by atoms with Crippen LogP contribution in [0.3, 0.4) is 0 Å². The normalized spacial score (nSPS) is 11.5. The summed E-state index contributed by atoms with van der Waals surface area (Å²) in [6.07, 6.45) is -0.496. The maximum absolute atomic E-state index is 14.2. The molecule has 1 amide bonds. The number of ether oxygens (including phenoxy) is 2. The molecule has 1 heterocycles. The lowest BCUT2D eigenvalue weighted by atomic mass is 10.0. The van der Waals surface area contributed by atoms with E-state index in [1.54, 1.807) is 30.3 Å². The van der Waals surface area contributed by atoms with Crippen molar-refractivity contribution >= 4 is 23.5 Å². The molecule has 1 atom stereocenters. The number of nitrogens with one attached hydrogen (secondary N) is 1. The topological polar surface area (TPSA) is 97.8 Å². The molecule has 2 N–H and O–H groups in total. The van der Waals surface area contributed by atoms with Crippen molar-refractivity contribution in [2.75, 3.05) is 14.2 Å². The van der Waals surface area contributed by atoms with Gasteiger partial charge in [-0.25, -0.2) is 9.37 Å². The average Bonchev–Trinajstić information content (AvgIpc) is 2.78. The maximum Gasteiger partial charge on any atom is 0.305 e. The first-order chi connectivity index (χ1) is 15.3. The fourth-order valence-electron chi connectivity index (χ4n) is 3.15. The van der Waals surface area contributed by atoms with E-state index in [1.807, 2.05) is 0 Å². The molecule has 9 heteroatoms. The smallest absolute Gasteiger partial charge is 0.305 e. The van der Waals surface area contributed by atoms with Crippen molar-refractivity contribution in [2.45, 2.75) is 12.5 Å². The third kappa shape index (κ3) is 5.15. The number of carbonyl (C=O) groups is 2. The van der Waals surface area contributed by atoms with Crippen LogP contribution >= 0.6 is 11.6 Å². The Morgan fingerprint density at radius 2 is 1.81 bits per heavy atom. The van der Waals surface area contributed by atoms with Gasteiger partial charge in [0.05, 0.1) is 31.7 Å². The van der Waals surface area contributed by atoms with E-state index in [2.05, 4.69) is 10.3 Å². The van der Waals surface area contributed by atoms with Crippen LogP contribution in [-0.2, 0) is 4.79 Å². The first-order valence-corrected chi connectivity index (χ1v) is 9.87. The summed E-state index contributed by atoms with van der Waals surface area (Å²) < 4.78 is 24.8. The minimum absolute atomic E-state index is 0.00134. The Labute approximate surface area is 188 Å². The Hall–Kier alpha value is -3.65. The quantitative estimate of drug-likeness (QED) is 0.515. The molecule has 1 aromatic heterocycles. The lowest BCUT2D eigenvalue weighted by Gasteiger charge is -2.18. The van der Waals surface area contributed by atoms with Crippen LogP contribution in [0.4, 0.5) is 4.39 Å². The second kappa shape index (κ2) is 10.1. The molecule has 0 saturated carbocycles. The van der Waals surface area contributed by atoms with E-state index in [4.69, 9.17) is 21.1 Å². The Morgan fingerprint density at radius 3 is 2.47 bits per heavy atom. The van der Waals surface area contributed by atoms with Gasteiger partial charge in [-0.05, 0) is 30.3 Å². The zero-order chi connectivity index (χ0) is 23.3. The number of hydrogen-bond donors (Lipinski definition) is 2. The molecule has 0 saturated heterocycles. The molecule has 32 heavy (non-hydrogen) atoms. The molecule has 3 aromatic rings. The Balaban J connectivity index is 1.96. The number of carboxylic acids is 1. The summed E-state index contributed by atoms with van der Waals surface area (Å²) in [4.78, 5) is 28.6. The van der Waals surface area contributed by atoms with Gasteiger partial charge in [-0.1, -0.05) is 35.9 Å². The highest BCUT2D eigenvalue weighted by atomic mass is 35.5. The number of hydrogen-bond acceptors (Lipinski definition) is 5. The fourth-order valence-corrected chi connectivity index (χ4v) is 3.35. The van der Waals surface area contributed by atoms with E-state index >= 15 is 0 Å². The SMILES string of the molecule is COc1cc(-c2nc(C(=O)N[C@@H](CC(=O)O)c3ccccc3F)ccc2OC)ccc1Cl. The summed E-state index contributed by atoms with van der Waals surface area (Å²) in [6, 6.07) is 12.6. The molecule has 0 radical (unpaired) electrons. The number of aliphatic carboxylic acids is 1. The molecule has 2 aromatic carbocycles. The third-order valence-electron chi connectivity index (χ3n) is 4.70. The second-order valence-corrected chi connectivity index (χ2v) is 7.15. The van der Waals surface area contributed by atoms with Crippen molar-refractivity contribution in [2.24, 2.45) is 0 Å². The number of rotatable bonds is 8. The van der Waals surface area contributed by atoms with Gasteiger partial charge in [0.2, 0.25) is 0 Å². The van der Waals surface area contributed by atoms with E-state index in [0.29, 0.717) is 27.8 Å². The lowest BCUT2D eigenvalue weighted by molar-refractivity contribution is -0.137. The Bertz CT molecular complexity index is 1150. The van der Waals surface area contributed by atoms with Crippen molar-refractivity contribution in [3.05, 3.63) is 76.7 Å². The van der Waals surface area contributed by atoms with Gasteiger partial charge in [-0.15, -0.1) is 0 Å². The lowest BCUT2D eigenvalue weighted by Crippen LogP contribution is -2.31. The van der Waals surface area contributed by atoms with Gasteiger partial charge >= 0.3 is 5.97 Å². The van der Waals surface area contributed by atoms with Gasteiger partial charge in [-0.3, -0.25) is 9.59 Å². The molecule has 0 aliphatic rings. The predicted molar refractivity (Wildman–Crippen MR) is 117 cm³/mol. The molecule has 0 aliphatic carbocycles. The Morgan fingerprint density at radius 1 is 1.09 bits per heavy atom. The van der Waals surface area contributed by atoms with Gasteiger partial charge in [0.15, 0.2) is 0 Å². The van der Waals surface area contributed by atoms with E-state index in [9.17, 15) is 19.1 Å². The number of methoxy groups -OCH3 is 2. The highest BCUT2D eigenvalue weighted by Crippen LogP contribution is 2.34. The number of halogens is 2. The summed E-state index contributed by atoms with van der Waals surface area (Å²) >= 11 is 6.09. The molecule has 0 spiro atoms. The summed E-state index contributed by atoms with van der Waals surface area (Å²) in [5, 5.41) is 12.2. The molecule has 0 aliphatic heterocycles. The first kappa shape index (κ1) is 23.0. The van der Waals surface area contributed by atoms with E-state index in [0.717, 1.165) is 0 Å². The number of carbonyl (C=O) groups excluding carboxylic acids is 1. The van der Waals surface area contributed by atoms with Crippen molar-refractivity contribution in [3.63, 3.8) is 0 Å². The van der Waals surface area contributed by atoms with Crippen LogP contribution in [0.2, 0.25) is 5.02 Å². The first-order valence-electron chi connectivity index (χ1n) is 9.50. The molecule has 166 valence electrons. The van der Waals surface area contributed by atoms with Crippen molar-refractivity contribution in [3.8, 4) is 22.8 Å². The van der Waals surface area contributed by atoms with Gasteiger partial charge in [0.1, 0.15) is 28.7 Å². The van der Waals surface area contributed by atoms with Gasteiger partial charge < -0.3 is 19.9 Å². The van der Waals surface area contributed by atoms with Crippen LogP contribution in [0.25, 0.3) is 11.3 Å². The predicted octanol–water partition coefficient (Wildman–Crippen LogP) is 4.50. The van der Waals surface area contributed by atoms with Crippen molar-refractivity contribution in [1.82, 2.24) is 10.3 Å². The number of aromatic nitrogens is 1. The standard InChI is InChI=1S/C23H20ClFN2O5/c1-31-19-10-9-17(26-22(19)13-7-8-15(24)20(11-13)32-2)23(30)27-18(12-21(28)29)14-5-3-4-6-16(14)25/h3-11,18H,12H2,1-2H3,(H,27,30)(H,28,29)/t18-/m0/s1. The maximum atomic E-state index is 14.2. The zero-order valence-corrected chi connectivity index (χ0v) is 18.0. The molecule has 0 bridgehead atoms. The van der Waals surface area contributed by atoms with E-state index in [1.165, 1.54) is 38.5 Å². The van der Waals surface area contributed by atoms with Gasteiger partial charge in [0.25, 0.3) is 5.91 Å². The molecular weight excluding hydrogens is 439 g/mol. The zero-order valence-electron chi connectivity index (χ0n) is 17.3. The van der Waals surface area contributed by atoms with Crippen LogP contribution in [0.15, 0.2) is 54.6 Å². The minimum Gasteiger partial charge on any atom is -0.495 e. The van der Waals surface area contributed by atoms with Crippen LogP contribution in [0, 0.1) is 5.82 Å². The summed E-state index contributed by atoms with van der Waals surface area (Å²) in [5.74, 6) is -1.64. The van der Waals surface area contributed by atoms with E-state index in [-0.39, 0.29) is 11.3 Å². The number of nitrogens with zero attached hydrogens (tertiary/aromatic N) is 1. The fraction of sp³-hybridized carbons (Fsp3) is 0.174. The molecule has 0 unspecified atom stereocenters. The van der Waals surface area contributed by atoms with Crippen LogP contribution in [0.5, 0.6) is 11.5 Å². The number of amides is 1. The highest BCUT2D eigenvalue weighted by Gasteiger charge is 2.23. The van der Waals surface area contributed by atoms with Gasteiger partial charge in [0, 0.05) is 11.1 Å². The monoisotopic (exact) mass is 458 g/mol. The third-order valence-corrected chi connectivity index (χ3v) is 5.01. The summed E-state index contributed by atoms with van der Waals surface area (Å²) in [5.41, 5.74) is 1.02. The number of carboxylic acid groups (broad SMARTS) is 1. The van der Waals surface area contributed by atoms with Crippen molar-refractivity contribution in [1.29, 1.82) is 0 Å². The van der Waals surface area contributed by atoms with Crippen molar-refractivity contribution < 1.29 is 28.6 Å². The van der Waals surface area contributed by atoms with Crippen LogP contribution in [0.1, 0.15) is 28.5 Å². The average molecular weight is 459 g/mol. The molecule has 7 nitrogen and oxygen atoms in total. The van der Waals surface area contributed by atoms with Crippen LogP contribution < -0.4 is 14.8 Å². The highest BCUT2D eigenvalue weighted by molar-refractivity contribution is 6.32. The molecular formula is C23H20ClFN2O5. The summed E-state index contributed by atoms with van der Waals surface area (Å²) in [6.45, 7) is 0. The second-order valence-electron chi connectivity index (χ2n) is 6.74. The largest absolute Gasteiger partial charge is 0.495 e. The Kier molecular flexibility index (Phi) is 7.27. The summed E-state index contributed by atoms with van der Waals surface area (Å²) in [7, 11) is 2.94. The molecule has 0 fully saturated rings. The number of benzene rings is 2. The number of pyridine rings is 1. The van der Waals surface area contributed by atoms with E-state index < -0.39 is 30.2 Å². The molecule has 3 rings (SSSR count). The minimum atomic E-state index is -1.19. The van der Waals surface area contributed by atoms with Crippen LogP contribution in [-0.4, -0.2) is 36.2 Å².